The number of para-hydroxylation sites is 2. The number of anilines is 1. The van der Waals surface area contributed by atoms with E-state index in [9.17, 15) is 0 Å². The highest BCUT2D eigenvalue weighted by Crippen LogP contribution is 2.30. The summed E-state index contributed by atoms with van der Waals surface area (Å²) in [6.07, 6.45) is 0.910. The fourth-order valence-corrected chi connectivity index (χ4v) is 3.53. The highest BCUT2D eigenvalue weighted by atomic mass is 32.2. The predicted octanol–water partition coefficient (Wildman–Crippen LogP) is 3.44. The number of aryl methyl sites for hydroxylation is 2. The first-order valence-corrected chi connectivity index (χ1v) is 8.24. The molecule has 23 heavy (non-hydrogen) atoms. The fraction of sp³-hybridized carbons (Fsp3) is 0.188. The van der Waals surface area contributed by atoms with Gasteiger partial charge >= 0.3 is 0 Å². The van der Waals surface area contributed by atoms with E-state index in [0.29, 0.717) is 11.0 Å². The van der Waals surface area contributed by atoms with Gasteiger partial charge in [-0.3, -0.25) is 0 Å². The van der Waals surface area contributed by atoms with E-state index in [-0.39, 0.29) is 0 Å². The number of nitrogen functional groups attached to an aromatic ring is 1. The monoisotopic (exact) mass is 324 g/mol. The molecular weight excluding hydrogens is 308 g/mol. The van der Waals surface area contributed by atoms with E-state index in [1.54, 1.807) is 0 Å². The van der Waals surface area contributed by atoms with Crippen molar-refractivity contribution in [2.45, 2.75) is 30.6 Å². The lowest BCUT2D eigenvalue weighted by Gasteiger charge is -2.01. The van der Waals surface area contributed by atoms with E-state index in [4.69, 9.17) is 5.73 Å². The second kappa shape index (κ2) is 5.27. The zero-order valence-electron chi connectivity index (χ0n) is 12.8. The van der Waals surface area contributed by atoms with E-state index >= 15 is 0 Å². The Labute approximate surface area is 136 Å². The number of nitrogens with zero attached hydrogens (tertiary/aromatic N) is 3. The maximum atomic E-state index is 6.14. The van der Waals surface area contributed by atoms with Gasteiger partial charge in [-0.05, 0) is 42.8 Å². The molecule has 4 N–H and O–H groups in total. The zero-order valence-corrected chi connectivity index (χ0v) is 13.7. The van der Waals surface area contributed by atoms with Crippen LogP contribution in [0.5, 0.6) is 0 Å². The number of H-pyrrole nitrogens is 2. The van der Waals surface area contributed by atoms with Crippen LogP contribution in [0.3, 0.4) is 0 Å². The van der Waals surface area contributed by atoms with E-state index < -0.39 is 0 Å². The van der Waals surface area contributed by atoms with Crippen LogP contribution in [0.15, 0.2) is 34.6 Å². The average Bonchev–Trinajstić information content (AvgIpc) is 3.07. The van der Waals surface area contributed by atoms with Crippen molar-refractivity contribution >= 4 is 39.6 Å². The number of aromatic amines is 2. The van der Waals surface area contributed by atoms with Crippen molar-refractivity contribution in [2.24, 2.45) is 0 Å². The number of hydrogen-bond donors (Lipinski definition) is 3. The van der Waals surface area contributed by atoms with Crippen molar-refractivity contribution in [3.05, 3.63) is 35.5 Å². The van der Waals surface area contributed by atoms with Gasteiger partial charge in [0.1, 0.15) is 11.5 Å². The topological polar surface area (TPSA) is 96.3 Å². The van der Waals surface area contributed by atoms with Crippen molar-refractivity contribution in [3.63, 3.8) is 0 Å². The molecule has 3 heterocycles. The third-order valence-electron chi connectivity index (χ3n) is 3.92. The minimum Gasteiger partial charge on any atom is -0.383 e. The molecule has 0 radical (unpaired) electrons. The summed E-state index contributed by atoms with van der Waals surface area (Å²) in [5.74, 6) is 0.502. The van der Waals surface area contributed by atoms with Gasteiger partial charge in [0, 0.05) is 5.69 Å². The Bertz CT molecular complexity index is 983. The Balaban J connectivity index is 1.76. The molecule has 0 atom stereocenters. The number of benzene rings is 1. The lowest BCUT2D eigenvalue weighted by Crippen LogP contribution is -1.96. The summed E-state index contributed by atoms with van der Waals surface area (Å²) < 4.78 is 0. The van der Waals surface area contributed by atoms with Crippen molar-refractivity contribution in [2.75, 3.05) is 5.73 Å². The van der Waals surface area contributed by atoms with E-state index in [2.05, 4.69) is 31.8 Å². The molecule has 0 amide bonds. The molecule has 0 unspecified atom stereocenters. The van der Waals surface area contributed by atoms with Crippen LogP contribution < -0.4 is 5.73 Å². The summed E-state index contributed by atoms with van der Waals surface area (Å²) in [5, 5.41) is 2.25. The van der Waals surface area contributed by atoms with Gasteiger partial charge in [0.05, 0.1) is 16.4 Å². The van der Waals surface area contributed by atoms with Crippen molar-refractivity contribution < 1.29 is 0 Å². The van der Waals surface area contributed by atoms with Crippen LogP contribution in [-0.4, -0.2) is 24.9 Å². The molecule has 116 valence electrons. The number of hydrogen-bond acceptors (Lipinski definition) is 5. The number of aromatic nitrogens is 5. The minimum atomic E-state index is 0.502. The molecule has 3 aromatic heterocycles. The summed E-state index contributed by atoms with van der Waals surface area (Å²) >= 11 is 1.38. The number of nitrogens with one attached hydrogen (secondary N) is 2. The van der Waals surface area contributed by atoms with Gasteiger partial charge in [0.15, 0.2) is 10.3 Å². The molecule has 0 bridgehead atoms. The van der Waals surface area contributed by atoms with Gasteiger partial charge in [-0.2, -0.15) is 0 Å². The highest BCUT2D eigenvalue weighted by Gasteiger charge is 2.15. The summed E-state index contributed by atoms with van der Waals surface area (Å²) in [6, 6.07) is 7.90. The first kappa shape index (κ1) is 14.1. The molecule has 0 saturated heterocycles. The maximum absolute atomic E-state index is 6.14. The Morgan fingerprint density at radius 2 is 1.96 bits per heavy atom. The Kier molecular flexibility index (Phi) is 3.23. The van der Waals surface area contributed by atoms with Gasteiger partial charge in [0.2, 0.25) is 0 Å². The molecule has 4 rings (SSSR count). The summed E-state index contributed by atoms with van der Waals surface area (Å²) in [7, 11) is 0. The average molecular weight is 324 g/mol. The zero-order chi connectivity index (χ0) is 16.0. The van der Waals surface area contributed by atoms with Crippen LogP contribution in [0, 0.1) is 6.92 Å². The Morgan fingerprint density at radius 3 is 2.74 bits per heavy atom. The molecular formula is C16H16N6S. The normalized spacial score (nSPS) is 11.6. The first-order chi connectivity index (χ1) is 11.2. The Morgan fingerprint density at radius 1 is 1.13 bits per heavy atom. The van der Waals surface area contributed by atoms with Crippen LogP contribution >= 0.6 is 11.8 Å². The van der Waals surface area contributed by atoms with Crippen LogP contribution in [-0.2, 0) is 6.42 Å². The second-order valence-electron chi connectivity index (χ2n) is 5.36. The summed E-state index contributed by atoms with van der Waals surface area (Å²) in [4.78, 5) is 20.1. The number of imidazole rings is 1. The van der Waals surface area contributed by atoms with Gasteiger partial charge in [-0.15, -0.1) is 0 Å². The molecule has 0 fully saturated rings. The third-order valence-corrected chi connectivity index (χ3v) is 4.67. The second-order valence-corrected chi connectivity index (χ2v) is 6.31. The van der Waals surface area contributed by atoms with Gasteiger partial charge < -0.3 is 15.7 Å². The molecule has 1 aromatic carbocycles. The van der Waals surface area contributed by atoms with Crippen LogP contribution in [0.4, 0.5) is 5.82 Å². The van der Waals surface area contributed by atoms with Gasteiger partial charge in [-0.1, -0.05) is 19.1 Å². The van der Waals surface area contributed by atoms with Gasteiger partial charge in [0.25, 0.3) is 0 Å². The van der Waals surface area contributed by atoms with E-state index in [1.807, 2.05) is 31.2 Å². The van der Waals surface area contributed by atoms with Crippen molar-refractivity contribution in [3.8, 4) is 0 Å². The smallest absolute Gasteiger partial charge is 0.199 e. The van der Waals surface area contributed by atoms with Crippen LogP contribution in [0.2, 0.25) is 0 Å². The molecule has 0 aliphatic heterocycles. The summed E-state index contributed by atoms with van der Waals surface area (Å²) in [5.41, 5.74) is 11.1. The molecule has 7 heteroatoms. The molecule has 0 aliphatic rings. The molecule has 6 nitrogen and oxygen atoms in total. The lowest BCUT2D eigenvalue weighted by atomic mass is 10.2. The first-order valence-electron chi connectivity index (χ1n) is 7.43. The van der Waals surface area contributed by atoms with Crippen molar-refractivity contribution in [1.82, 2.24) is 24.9 Å². The highest BCUT2D eigenvalue weighted by molar-refractivity contribution is 7.99. The number of fused-ring (bicyclic) bond motifs is 2. The fourth-order valence-electron chi connectivity index (χ4n) is 2.77. The van der Waals surface area contributed by atoms with E-state index in [1.165, 1.54) is 11.8 Å². The van der Waals surface area contributed by atoms with E-state index in [0.717, 1.165) is 44.9 Å². The predicted molar refractivity (Wildman–Crippen MR) is 92.6 cm³/mol. The van der Waals surface area contributed by atoms with Crippen molar-refractivity contribution in [1.29, 1.82) is 0 Å². The summed E-state index contributed by atoms with van der Waals surface area (Å²) in [6.45, 7) is 4.15. The SMILES string of the molecule is CCc1[nH]c2nc(Sc3nc4ccccc4[nH]3)nc(N)c2c1C. The lowest BCUT2D eigenvalue weighted by molar-refractivity contribution is 0.976. The largest absolute Gasteiger partial charge is 0.383 e. The quantitative estimate of drug-likeness (QED) is 0.502. The maximum Gasteiger partial charge on any atom is 0.199 e. The third kappa shape index (κ3) is 2.33. The number of rotatable bonds is 3. The standard InChI is InChI=1S/C16H16N6S/c1-3-9-8(2)12-13(17)21-16(22-14(12)18-9)23-15-19-10-6-4-5-7-11(10)20-15/h4-7H,3H2,1-2H3,(H,19,20)(H3,17,18,21,22). The molecule has 0 saturated carbocycles. The number of nitrogens with two attached hydrogens (primary N) is 1. The van der Waals surface area contributed by atoms with Gasteiger partial charge in [-0.25, -0.2) is 15.0 Å². The van der Waals surface area contributed by atoms with Crippen LogP contribution in [0.1, 0.15) is 18.2 Å². The minimum absolute atomic E-state index is 0.502. The van der Waals surface area contributed by atoms with Crippen LogP contribution in [0.25, 0.3) is 22.1 Å². The molecule has 0 aliphatic carbocycles. The Hall–Kier alpha value is -2.54. The molecule has 0 spiro atoms. The molecule has 4 aromatic rings.